The van der Waals surface area contributed by atoms with Gasteiger partial charge in [-0.05, 0) is 54.0 Å². The fourth-order valence-corrected chi connectivity index (χ4v) is 5.38. The van der Waals surface area contributed by atoms with Crippen molar-refractivity contribution in [2.24, 2.45) is 5.73 Å². The lowest BCUT2D eigenvalue weighted by Crippen LogP contribution is -2.30. The van der Waals surface area contributed by atoms with Gasteiger partial charge in [-0.3, -0.25) is 9.78 Å². The molecule has 196 valence electrons. The van der Waals surface area contributed by atoms with E-state index < -0.39 is 0 Å². The van der Waals surface area contributed by atoms with Crippen LogP contribution in [0.1, 0.15) is 16.7 Å². The molecule has 0 radical (unpaired) electrons. The highest BCUT2D eigenvalue weighted by molar-refractivity contribution is 6.35. The van der Waals surface area contributed by atoms with Crippen LogP contribution in [0.15, 0.2) is 97.6 Å². The molecule has 4 heterocycles. The van der Waals surface area contributed by atoms with Crippen molar-refractivity contribution >= 4 is 45.0 Å². The van der Waals surface area contributed by atoms with Gasteiger partial charge in [0.1, 0.15) is 12.4 Å². The number of ether oxygens (including phenoxy) is 1. The molecule has 0 spiro atoms. The summed E-state index contributed by atoms with van der Waals surface area (Å²) in [6, 6.07) is 24.0. The number of nitrogens with one attached hydrogen (secondary N) is 3. The van der Waals surface area contributed by atoms with Crippen molar-refractivity contribution < 1.29 is 9.53 Å². The van der Waals surface area contributed by atoms with E-state index in [1.54, 1.807) is 12.4 Å². The second kappa shape index (κ2) is 9.87. The number of benzene rings is 3. The van der Waals surface area contributed by atoms with Crippen LogP contribution < -0.4 is 15.8 Å². The minimum atomic E-state index is -0.169. The predicted octanol–water partition coefficient (Wildman–Crippen LogP) is 6.15. The summed E-state index contributed by atoms with van der Waals surface area (Å²) in [7, 11) is 0. The number of aromatic amines is 2. The average molecular weight is 526 g/mol. The predicted molar refractivity (Wildman–Crippen MR) is 160 cm³/mol. The molecule has 7 nitrogen and oxygen atoms in total. The molecule has 1 atom stereocenters. The first kappa shape index (κ1) is 23.9. The molecular formula is C33H27N5O2. The summed E-state index contributed by atoms with van der Waals surface area (Å²) in [6.45, 7) is 0.366. The Morgan fingerprint density at radius 2 is 1.65 bits per heavy atom. The van der Waals surface area contributed by atoms with E-state index in [4.69, 9.17) is 10.5 Å². The molecule has 0 saturated carbocycles. The highest BCUT2D eigenvalue weighted by atomic mass is 16.5. The molecule has 0 aliphatic carbocycles. The van der Waals surface area contributed by atoms with Crippen LogP contribution in [0.2, 0.25) is 0 Å². The number of amides is 1. The Hall–Kier alpha value is -5.14. The molecule has 0 fully saturated rings. The first-order chi connectivity index (χ1) is 19.6. The Balaban J connectivity index is 1.10. The SMILES string of the molecule is N[C@@H](COc1cncc(-c2ccc3c(c2)C(=Cc2c[nH]c4ccccc24)C(=O)N3)c1)Cc1c[nH]c2ccccc12. The fraction of sp³-hybridized carbons (Fsp3) is 0.0909. The van der Waals surface area contributed by atoms with E-state index in [0.717, 1.165) is 44.4 Å². The molecule has 1 aliphatic heterocycles. The zero-order valence-electron chi connectivity index (χ0n) is 21.6. The summed E-state index contributed by atoms with van der Waals surface area (Å²) >= 11 is 0. The number of nitrogens with zero attached hydrogens (tertiary/aromatic N) is 1. The molecule has 1 aliphatic rings. The standard InChI is InChI=1S/C33H27N5O2/c34-24(11-22-16-36-30-7-3-1-5-26(22)30)19-40-25-12-21(15-35-18-25)20-9-10-32-28(13-20)29(33(39)38-32)14-23-17-37-31-8-4-2-6-27(23)31/h1-10,12-18,24,36-37H,11,19,34H2,(H,38,39)/t24-/m1/s1. The minimum absolute atomic E-state index is 0.114. The number of para-hydroxylation sites is 2. The number of hydrogen-bond acceptors (Lipinski definition) is 4. The lowest BCUT2D eigenvalue weighted by atomic mass is 9.99. The van der Waals surface area contributed by atoms with Crippen LogP contribution in [0.3, 0.4) is 0 Å². The highest BCUT2D eigenvalue weighted by Crippen LogP contribution is 2.37. The van der Waals surface area contributed by atoms with Crippen LogP contribution in [-0.4, -0.2) is 33.5 Å². The van der Waals surface area contributed by atoms with Crippen LogP contribution in [0.5, 0.6) is 5.75 Å². The number of carbonyl (C=O) groups excluding carboxylic acids is 1. The smallest absolute Gasteiger partial charge is 0.256 e. The first-order valence-electron chi connectivity index (χ1n) is 13.2. The largest absolute Gasteiger partial charge is 0.490 e. The van der Waals surface area contributed by atoms with Crippen LogP contribution >= 0.6 is 0 Å². The summed E-state index contributed by atoms with van der Waals surface area (Å²) in [5.74, 6) is 0.535. The van der Waals surface area contributed by atoms with Crippen molar-refractivity contribution in [1.82, 2.24) is 15.0 Å². The lowest BCUT2D eigenvalue weighted by molar-refractivity contribution is -0.110. The normalized spacial score (nSPS) is 14.5. The monoisotopic (exact) mass is 525 g/mol. The van der Waals surface area contributed by atoms with Gasteiger partial charge in [-0.25, -0.2) is 0 Å². The van der Waals surface area contributed by atoms with Gasteiger partial charge in [0, 0.05) is 74.4 Å². The quantitative estimate of drug-likeness (QED) is 0.187. The Labute approximate surface area is 230 Å². The second-order valence-electron chi connectivity index (χ2n) is 10.1. The van der Waals surface area contributed by atoms with E-state index in [2.05, 4.69) is 32.4 Å². The molecular weight excluding hydrogens is 498 g/mol. The van der Waals surface area contributed by atoms with Gasteiger partial charge in [-0.15, -0.1) is 0 Å². The van der Waals surface area contributed by atoms with Crippen molar-refractivity contribution in [3.8, 4) is 16.9 Å². The molecule has 3 aromatic heterocycles. The van der Waals surface area contributed by atoms with E-state index in [-0.39, 0.29) is 11.9 Å². The maximum atomic E-state index is 12.9. The van der Waals surface area contributed by atoms with Gasteiger partial charge >= 0.3 is 0 Å². The molecule has 5 N–H and O–H groups in total. The van der Waals surface area contributed by atoms with E-state index in [1.807, 2.05) is 79.1 Å². The number of H-pyrrole nitrogens is 2. The van der Waals surface area contributed by atoms with Gasteiger partial charge in [0.25, 0.3) is 5.91 Å². The topological polar surface area (TPSA) is 109 Å². The zero-order valence-corrected chi connectivity index (χ0v) is 21.6. The number of pyridine rings is 1. The molecule has 0 saturated heterocycles. The number of anilines is 1. The van der Waals surface area contributed by atoms with Gasteiger partial charge in [0.15, 0.2) is 0 Å². The van der Waals surface area contributed by atoms with Crippen LogP contribution in [0.4, 0.5) is 5.69 Å². The van der Waals surface area contributed by atoms with Crippen LogP contribution in [0.25, 0.3) is 44.6 Å². The molecule has 3 aromatic carbocycles. The third kappa shape index (κ3) is 4.42. The van der Waals surface area contributed by atoms with Crippen LogP contribution in [-0.2, 0) is 11.2 Å². The summed E-state index contributed by atoms with van der Waals surface area (Å²) in [5, 5.41) is 5.24. The fourth-order valence-electron chi connectivity index (χ4n) is 5.38. The number of nitrogens with two attached hydrogens (primary N) is 1. The van der Waals surface area contributed by atoms with E-state index >= 15 is 0 Å². The van der Waals surface area contributed by atoms with Gasteiger partial charge in [0.2, 0.25) is 0 Å². The Morgan fingerprint density at radius 3 is 2.52 bits per heavy atom. The van der Waals surface area contributed by atoms with Crippen molar-refractivity contribution in [1.29, 1.82) is 0 Å². The average Bonchev–Trinajstić information content (AvgIpc) is 3.68. The summed E-state index contributed by atoms with van der Waals surface area (Å²) < 4.78 is 6.05. The van der Waals surface area contributed by atoms with Gasteiger partial charge in [0.05, 0.1) is 6.20 Å². The molecule has 0 bridgehead atoms. The number of aromatic nitrogens is 3. The zero-order chi connectivity index (χ0) is 27.1. The van der Waals surface area contributed by atoms with Gasteiger partial charge in [-0.1, -0.05) is 42.5 Å². The number of hydrogen-bond donors (Lipinski definition) is 4. The van der Waals surface area contributed by atoms with E-state index in [9.17, 15) is 4.79 Å². The maximum Gasteiger partial charge on any atom is 0.256 e. The number of rotatable bonds is 7. The van der Waals surface area contributed by atoms with Crippen LogP contribution in [0, 0.1) is 0 Å². The number of carbonyl (C=O) groups is 1. The minimum Gasteiger partial charge on any atom is -0.490 e. The number of fused-ring (bicyclic) bond motifs is 3. The summed E-state index contributed by atoms with van der Waals surface area (Å²) in [5.41, 5.74) is 14.8. The van der Waals surface area contributed by atoms with E-state index in [0.29, 0.717) is 24.4 Å². The summed E-state index contributed by atoms with van der Waals surface area (Å²) in [6.07, 6.45) is 10.1. The van der Waals surface area contributed by atoms with Gasteiger partial charge in [-0.2, -0.15) is 0 Å². The van der Waals surface area contributed by atoms with Crippen molar-refractivity contribution in [2.45, 2.75) is 12.5 Å². The molecule has 7 rings (SSSR count). The molecule has 7 heteroatoms. The maximum absolute atomic E-state index is 12.9. The van der Waals surface area contributed by atoms with Crippen molar-refractivity contribution in [3.05, 3.63) is 114 Å². The molecule has 40 heavy (non-hydrogen) atoms. The Kier molecular flexibility index (Phi) is 5.91. The first-order valence-corrected chi connectivity index (χ1v) is 13.2. The Bertz CT molecular complexity index is 1920. The van der Waals surface area contributed by atoms with Crippen molar-refractivity contribution in [2.75, 3.05) is 11.9 Å². The van der Waals surface area contributed by atoms with Crippen molar-refractivity contribution in [3.63, 3.8) is 0 Å². The highest BCUT2D eigenvalue weighted by Gasteiger charge is 2.25. The van der Waals surface area contributed by atoms with E-state index in [1.165, 1.54) is 10.9 Å². The lowest BCUT2D eigenvalue weighted by Gasteiger charge is -2.13. The molecule has 6 aromatic rings. The third-order valence-corrected chi connectivity index (χ3v) is 7.39. The van der Waals surface area contributed by atoms with Gasteiger partial charge < -0.3 is 25.8 Å². The molecule has 0 unspecified atom stereocenters. The third-order valence-electron chi connectivity index (χ3n) is 7.39. The molecule has 1 amide bonds. The second-order valence-corrected chi connectivity index (χ2v) is 10.1. The summed E-state index contributed by atoms with van der Waals surface area (Å²) in [4.78, 5) is 23.9. The Morgan fingerprint density at radius 1 is 0.875 bits per heavy atom.